The molecule has 0 aliphatic heterocycles. The fraction of sp³-hybridized carbons (Fsp3) is 0.143. The summed E-state index contributed by atoms with van der Waals surface area (Å²) < 4.78 is 7.13. The molecular formula is C14H12N2O2S. The van der Waals surface area contributed by atoms with Gasteiger partial charge >= 0.3 is 0 Å². The summed E-state index contributed by atoms with van der Waals surface area (Å²) in [5, 5.41) is 1.97. The number of benzene rings is 1. The molecule has 0 radical (unpaired) electrons. The third-order valence-electron chi connectivity index (χ3n) is 2.89. The van der Waals surface area contributed by atoms with Crippen molar-refractivity contribution in [1.82, 2.24) is 9.38 Å². The standard InChI is InChI=1S/C14H12N2O2S/c1-18-13-5-3-2-4-11(13)12(17)8-10-9-16-6-7-19-14(16)15-10/h2-7,9H,8H2,1H3. The van der Waals surface area contributed by atoms with Crippen LogP contribution in [0.25, 0.3) is 4.96 Å². The van der Waals surface area contributed by atoms with Crippen LogP contribution < -0.4 is 4.74 Å². The zero-order valence-electron chi connectivity index (χ0n) is 10.4. The zero-order valence-corrected chi connectivity index (χ0v) is 11.2. The van der Waals surface area contributed by atoms with Crippen LogP contribution in [0.1, 0.15) is 16.1 Å². The topological polar surface area (TPSA) is 43.6 Å². The van der Waals surface area contributed by atoms with Gasteiger partial charge in [-0.15, -0.1) is 11.3 Å². The second-order valence-electron chi connectivity index (χ2n) is 4.13. The highest BCUT2D eigenvalue weighted by atomic mass is 32.1. The van der Waals surface area contributed by atoms with Gasteiger partial charge in [-0.2, -0.15) is 0 Å². The Kier molecular flexibility index (Phi) is 3.05. The first-order valence-corrected chi connectivity index (χ1v) is 6.73. The maximum atomic E-state index is 12.3. The molecular weight excluding hydrogens is 260 g/mol. The summed E-state index contributed by atoms with van der Waals surface area (Å²) in [6.45, 7) is 0. The van der Waals surface area contributed by atoms with Gasteiger partial charge in [0.2, 0.25) is 0 Å². The van der Waals surface area contributed by atoms with E-state index in [0.717, 1.165) is 10.7 Å². The molecule has 0 bridgehead atoms. The molecule has 0 N–H and O–H groups in total. The van der Waals surface area contributed by atoms with E-state index in [1.807, 2.05) is 34.3 Å². The number of ketones is 1. The second-order valence-corrected chi connectivity index (χ2v) is 5.00. The summed E-state index contributed by atoms with van der Waals surface area (Å²) in [6.07, 6.45) is 4.11. The van der Waals surface area contributed by atoms with Crippen molar-refractivity contribution in [2.75, 3.05) is 7.11 Å². The lowest BCUT2D eigenvalue weighted by Crippen LogP contribution is -2.05. The van der Waals surface area contributed by atoms with Gasteiger partial charge in [-0.05, 0) is 12.1 Å². The highest BCUT2D eigenvalue weighted by Crippen LogP contribution is 2.20. The molecule has 0 unspecified atom stereocenters. The number of nitrogens with zero attached hydrogens (tertiary/aromatic N) is 2. The SMILES string of the molecule is COc1ccccc1C(=O)Cc1cn2ccsc2n1. The summed E-state index contributed by atoms with van der Waals surface area (Å²) in [5.41, 5.74) is 1.38. The van der Waals surface area contributed by atoms with E-state index in [2.05, 4.69) is 4.98 Å². The molecule has 0 fully saturated rings. The summed E-state index contributed by atoms with van der Waals surface area (Å²) in [4.78, 5) is 17.6. The fourth-order valence-electron chi connectivity index (χ4n) is 2.00. The van der Waals surface area contributed by atoms with Crippen molar-refractivity contribution in [2.45, 2.75) is 6.42 Å². The molecule has 0 spiro atoms. The Hall–Kier alpha value is -2.14. The Morgan fingerprint density at radius 2 is 2.26 bits per heavy atom. The van der Waals surface area contributed by atoms with E-state index in [4.69, 9.17) is 4.74 Å². The maximum Gasteiger partial charge on any atom is 0.193 e. The molecule has 2 heterocycles. The molecule has 3 rings (SSSR count). The van der Waals surface area contributed by atoms with Crippen molar-refractivity contribution in [2.24, 2.45) is 0 Å². The Morgan fingerprint density at radius 3 is 3.05 bits per heavy atom. The Labute approximate surface area is 114 Å². The molecule has 1 aromatic carbocycles. The van der Waals surface area contributed by atoms with Crippen LogP contribution in [0.2, 0.25) is 0 Å². The molecule has 0 atom stereocenters. The van der Waals surface area contributed by atoms with Crippen LogP contribution in [-0.4, -0.2) is 22.3 Å². The van der Waals surface area contributed by atoms with Gasteiger partial charge in [-0.3, -0.25) is 9.20 Å². The normalized spacial score (nSPS) is 10.8. The lowest BCUT2D eigenvalue weighted by molar-refractivity contribution is 0.0989. The van der Waals surface area contributed by atoms with Crippen molar-refractivity contribution in [3.63, 3.8) is 0 Å². The van der Waals surface area contributed by atoms with Gasteiger partial charge in [0.15, 0.2) is 10.7 Å². The summed E-state index contributed by atoms with van der Waals surface area (Å²) in [5.74, 6) is 0.622. The van der Waals surface area contributed by atoms with Gasteiger partial charge in [0.25, 0.3) is 0 Å². The van der Waals surface area contributed by atoms with Crippen LogP contribution in [0, 0.1) is 0 Å². The van der Waals surface area contributed by atoms with Crippen LogP contribution >= 0.6 is 11.3 Å². The molecule has 2 aromatic heterocycles. The van der Waals surface area contributed by atoms with Crippen molar-refractivity contribution in [1.29, 1.82) is 0 Å². The van der Waals surface area contributed by atoms with E-state index in [9.17, 15) is 4.79 Å². The van der Waals surface area contributed by atoms with Crippen LogP contribution in [0.15, 0.2) is 42.0 Å². The van der Waals surface area contributed by atoms with Gasteiger partial charge < -0.3 is 4.74 Å². The average molecular weight is 272 g/mol. The van der Waals surface area contributed by atoms with Crippen molar-refractivity contribution in [3.05, 3.63) is 53.3 Å². The van der Waals surface area contributed by atoms with Gasteiger partial charge in [-0.1, -0.05) is 12.1 Å². The lowest BCUT2D eigenvalue weighted by atomic mass is 10.1. The smallest absolute Gasteiger partial charge is 0.193 e. The number of fused-ring (bicyclic) bond motifs is 1. The third kappa shape index (κ3) is 2.24. The minimum Gasteiger partial charge on any atom is -0.496 e. The van der Waals surface area contributed by atoms with Crippen molar-refractivity contribution < 1.29 is 9.53 Å². The molecule has 4 nitrogen and oxygen atoms in total. The molecule has 0 amide bonds. The van der Waals surface area contributed by atoms with Gasteiger partial charge in [0.1, 0.15) is 5.75 Å². The quantitative estimate of drug-likeness (QED) is 0.686. The number of aromatic nitrogens is 2. The van der Waals surface area contributed by atoms with Crippen molar-refractivity contribution in [3.8, 4) is 5.75 Å². The third-order valence-corrected chi connectivity index (χ3v) is 3.66. The second kappa shape index (κ2) is 4.85. The van der Waals surface area contributed by atoms with Crippen molar-refractivity contribution >= 4 is 22.1 Å². The van der Waals surface area contributed by atoms with Crippen LogP contribution in [0.5, 0.6) is 5.75 Å². The molecule has 5 heteroatoms. The number of para-hydroxylation sites is 1. The monoisotopic (exact) mass is 272 g/mol. The zero-order chi connectivity index (χ0) is 13.2. The van der Waals surface area contributed by atoms with E-state index >= 15 is 0 Å². The summed E-state index contributed by atoms with van der Waals surface area (Å²) in [7, 11) is 1.57. The highest BCUT2D eigenvalue weighted by molar-refractivity contribution is 7.15. The van der Waals surface area contributed by atoms with Gasteiger partial charge in [-0.25, -0.2) is 4.98 Å². The maximum absolute atomic E-state index is 12.3. The molecule has 19 heavy (non-hydrogen) atoms. The molecule has 96 valence electrons. The number of methoxy groups -OCH3 is 1. The van der Waals surface area contributed by atoms with E-state index < -0.39 is 0 Å². The highest BCUT2D eigenvalue weighted by Gasteiger charge is 2.14. The summed E-state index contributed by atoms with van der Waals surface area (Å²) >= 11 is 1.55. The van der Waals surface area contributed by atoms with E-state index in [1.54, 1.807) is 30.6 Å². The molecule has 0 saturated heterocycles. The first-order valence-electron chi connectivity index (χ1n) is 5.85. The minimum atomic E-state index is 0.0169. The predicted octanol–water partition coefficient (Wildman–Crippen LogP) is 2.83. The number of thiazole rings is 1. The molecule has 0 aliphatic carbocycles. The van der Waals surface area contributed by atoms with Crippen LogP contribution in [0.4, 0.5) is 0 Å². The number of hydrogen-bond acceptors (Lipinski definition) is 4. The van der Waals surface area contributed by atoms with E-state index in [0.29, 0.717) is 11.3 Å². The lowest BCUT2D eigenvalue weighted by Gasteiger charge is -2.05. The molecule has 0 aliphatic rings. The van der Waals surface area contributed by atoms with Crippen LogP contribution in [0.3, 0.4) is 0 Å². The average Bonchev–Trinajstić information content (AvgIpc) is 2.99. The first kappa shape index (κ1) is 11.9. The van der Waals surface area contributed by atoms with Gasteiger partial charge in [0.05, 0.1) is 24.8 Å². The minimum absolute atomic E-state index is 0.0169. The molecule has 3 aromatic rings. The number of hydrogen-bond donors (Lipinski definition) is 0. The number of imidazole rings is 1. The Balaban J connectivity index is 1.86. The van der Waals surface area contributed by atoms with E-state index in [1.165, 1.54) is 0 Å². The predicted molar refractivity (Wildman–Crippen MR) is 74.1 cm³/mol. The Bertz CT molecular complexity index is 701. The first-order chi connectivity index (χ1) is 9.28. The van der Waals surface area contributed by atoms with Crippen LogP contribution in [-0.2, 0) is 6.42 Å². The number of Topliss-reactive ketones (excluding diaryl/α,β-unsaturated/α-hetero) is 1. The molecule has 0 saturated carbocycles. The number of carbonyl (C=O) groups excluding carboxylic acids is 1. The Morgan fingerprint density at radius 1 is 1.42 bits per heavy atom. The number of ether oxygens (including phenoxy) is 1. The largest absolute Gasteiger partial charge is 0.496 e. The van der Waals surface area contributed by atoms with E-state index in [-0.39, 0.29) is 12.2 Å². The summed E-state index contributed by atoms with van der Waals surface area (Å²) in [6, 6.07) is 7.25. The number of rotatable bonds is 4. The number of carbonyl (C=O) groups is 1. The van der Waals surface area contributed by atoms with Gasteiger partial charge in [0, 0.05) is 17.8 Å². The fourth-order valence-corrected chi connectivity index (χ4v) is 2.71.